The van der Waals surface area contributed by atoms with E-state index in [2.05, 4.69) is 25.6 Å². The van der Waals surface area contributed by atoms with Crippen LogP contribution in [-0.2, 0) is 23.1 Å². The number of aromatic nitrogens is 1. The molecule has 0 aliphatic rings. The molecule has 5 nitrogen and oxygen atoms in total. The number of nitrogens with one attached hydrogen (secondary N) is 1. The Labute approximate surface area is 132 Å². The molecule has 0 aliphatic carbocycles. The maximum absolute atomic E-state index is 12.4. The number of nitrogens with two attached hydrogens (primary N) is 1. The van der Waals surface area contributed by atoms with Crippen molar-refractivity contribution in [1.29, 1.82) is 0 Å². The van der Waals surface area contributed by atoms with Crippen molar-refractivity contribution in [3.05, 3.63) is 57.8 Å². The highest BCUT2D eigenvalue weighted by molar-refractivity contribution is 9.10. The summed E-state index contributed by atoms with van der Waals surface area (Å²) in [7, 11) is -3.61. The first-order valence-electron chi connectivity index (χ1n) is 6.32. The minimum Gasteiger partial charge on any atom is -0.326 e. The van der Waals surface area contributed by atoms with Crippen LogP contribution in [0.1, 0.15) is 16.8 Å². The summed E-state index contributed by atoms with van der Waals surface area (Å²) >= 11 is 3.26. The molecule has 112 valence electrons. The molecule has 0 spiro atoms. The Bertz CT molecular complexity index is 730. The fraction of sp³-hybridized carbons (Fsp3) is 0.214. The van der Waals surface area contributed by atoms with Gasteiger partial charge in [-0.15, -0.1) is 0 Å². The summed E-state index contributed by atoms with van der Waals surface area (Å²) in [6.07, 6.45) is 1.66. The van der Waals surface area contributed by atoms with Gasteiger partial charge in [-0.3, -0.25) is 4.98 Å². The second-order valence-electron chi connectivity index (χ2n) is 4.60. The highest BCUT2D eigenvalue weighted by atomic mass is 79.9. The lowest BCUT2D eigenvalue weighted by atomic mass is 10.2. The number of aryl methyl sites for hydroxylation is 1. The molecule has 7 heteroatoms. The van der Waals surface area contributed by atoms with E-state index in [1.54, 1.807) is 24.4 Å². The third kappa shape index (κ3) is 4.10. The molecule has 2 aromatic rings. The topological polar surface area (TPSA) is 85.1 Å². The van der Waals surface area contributed by atoms with Crippen LogP contribution in [0, 0.1) is 6.92 Å². The lowest BCUT2D eigenvalue weighted by molar-refractivity contribution is 0.580. The smallest absolute Gasteiger partial charge is 0.242 e. The molecule has 2 rings (SSSR count). The van der Waals surface area contributed by atoms with E-state index in [1.807, 2.05) is 19.1 Å². The van der Waals surface area contributed by atoms with E-state index in [0.29, 0.717) is 4.47 Å². The first kappa shape index (κ1) is 16.1. The molecule has 21 heavy (non-hydrogen) atoms. The molecule has 0 aliphatic heterocycles. The summed E-state index contributed by atoms with van der Waals surface area (Å²) in [5, 5.41) is 0. The fourth-order valence-corrected chi connectivity index (χ4v) is 3.77. The molecular weight excluding hydrogens is 354 g/mol. The van der Waals surface area contributed by atoms with E-state index in [1.165, 1.54) is 0 Å². The number of halogens is 1. The Morgan fingerprint density at radius 3 is 2.57 bits per heavy atom. The molecule has 0 radical (unpaired) electrons. The van der Waals surface area contributed by atoms with Crippen molar-refractivity contribution >= 4 is 26.0 Å². The zero-order valence-corrected chi connectivity index (χ0v) is 13.9. The van der Waals surface area contributed by atoms with Crippen LogP contribution >= 0.6 is 15.9 Å². The highest BCUT2D eigenvalue weighted by Crippen LogP contribution is 2.23. The van der Waals surface area contributed by atoms with Gasteiger partial charge >= 0.3 is 0 Å². The molecule has 0 saturated heterocycles. The molecule has 1 heterocycles. The van der Waals surface area contributed by atoms with E-state index in [0.717, 1.165) is 16.8 Å². The van der Waals surface area contributed by atoms with Crippen molar-refractivity contribution in [2.75, 3.05) is 0 Å². The third-order valence-electron chi connectivity index (χ3n) is 2.96. The molecule has 0 saturated carbocycles. The molecule has 0 atom stereocenters. The van der Waals surface area contributed by atoms with Gasteiger partial charge in [-0.2, -0.15) is 0 Å². The van der Waals surface area contributed by atoms with Gasteiger partial charge in [0.15, 0.2) is 0 Å². The maximum atomic E-state index is 12.4. The van der Waals surface area contributed by atoms with Crippen molar-refractivity contribution in [3.63, 3.8) is 0 Å². The number of pyridine rings is 1. The van der Waals surface area contributed by atoms with Gasteiger partial charge in [0.05, 0.1) is 4.90 Å². The minimum absolute atomic E-state index is 0.186. The first-order chi connectivity index (χ1) is 9.92. The summed E-state index contributed by atoms with van der Waals surface area (Å²) in [5.41, 5.74) is 8.00. The van der Waals surface area contributed by atoms with Crippen LogP contribution in [0.25, 0.3) is 0 Å². The fourth-order valence-electron chi connectivity index (χ4n) is 1.74. The van der Waals surface area contributed by atoms with Crippen LogP contribution < -0.4 is 10.5 Å². The van der Waals surface area contributed by atoms with E-state index in [4.69, 9.17) is 5.73 Å². The summed E-state index contributed by atoms with van der Waals surface area (Å²) in [4.78, 5) is 4.32. The molecule has 0 unspecified atom stereocenters. The van der Waals surface area contributed by atoms with E-state index in [-0.39, 0.29) is 18.0 Å². The largest absolute Gasteiger partial charge is 0.326 e. The summed E-state index contributed by atoms with van der Waals surface area (Å²) in [6.45, 7) is 2.36. The summed E-state index contributed by atoms with van der Waals surface area (Å²) in [5.74, 6) is 0. The van der Waals surface area contributed by atoms with Crippen LogP contribution in [0.2, 0.25) is 0 Å². The zero-order valence-electron chi connectivity index (χ0n) is 11.5. The standard InChI is InChI=1S/C14H16BrN3O2S/c1-10-2-3-12(8-17-10)9-18-21(19,20)14-6-11(7-16)4-5-13(14)15/h2-6,8,18H,7,9,16H2,1H3. The monoisotopic (exact) mass is 369 g/mol. The average molecular weight is 370 g/mol. The third-order valence-corrected chi connectivity index (χ3v) is 5.35. The second kappa shape index (κ2) is 6.65. The van der Waals surface area contributed by atoms with Crippen LogP contribution in [-0.4, -0.2) is 13.4 Å². The van der Waals surface area contributed by atoms with Gasteiger partial charge in [-0.05, 0) is 52.2 Å². The quantitative estimate of drug-likeness (QED) is 0.844. The molecule has 0 amide bonds. The SMILES string of the molecule is Cc1ccc(CNS(=O)(=O)c2cc(CN)ccc2Br)cn1. The summed E-state index contributed by atoms with van der Waals surface area (Å²) in [6, 6.07) is 8.72. The van der Waals surface area contributed by atoms with Gasteiger partial charge in [0.1, 0.15) is 0 Å². The second-order valence-corrected chi connectivity index (χ2v) is 7.19. The number of rotatable bonds is 5. The normalized spacial score (nSPS) is 11.6. The summed E-state index contributed by atoms with van der Waals surface area (Å²) < 4.78 is 27.8. The number of hydrogen-bond donors (Lipinski definition) is 2. The van der Waals surface area contributed by atoms with Crippen molar-refractivity contribution < 1.29 is 8.42 Å². The van der Waals surface area contributed by atoms with Gasteiger partial charge in [-0.25, -0.2) is 13.1 Å². The Morgan fingerprint density at radius 2 is 1.95 bits per heavy atom. The number of sulfonamides is 1. The Hall–Kier alpha value is -1.28. The van der Waals surface area contributed by atoms with Crippen molar-refractivity contribution in [3.8, 4) is 0 Å². The zero-order chi connectivity index (χ0) is 15.5. The van der Waals surface area contributed by atoms with Gasteiger partial charge in [0, 0.05) is 29.5 Å². The van der Waals surface area contributed by atoms with E-state index >= 15 is 0 Å². The van der Waals surface area contributed by atoms with Gasteiger partial charge in [0.25, 0.3) is 0 Å². The van der Waals surface area contributed by atoms with Crippen molar-refractivity contribution in [2.24, 2.45) is 5.73 Å². The highest BCUT2D eigenvalue weighted by Gasteiger charge is 2.17. The lowest BCUT2D eigenvalue weighted by Gasteiger charge is -2.10. The molecular formula is C14H16BrN3O2S. The first-order valence-corrected chi connectivity index (χ1v) is 8.59. The van der Waals surface area contributed by atoms with Crippen LogP contribution in [0.15, 0.2) is 45.9 Å². The van der Waals surface area contributed by atoms with Crippen LogP contribution in [0.5, 0.6) is 0 Å². The van der Waals surface area contributed by atoms with Crippen molar-refractivity contribution in [1.82, 2.24) is 9.71 Å². The lowest BCUT2D eigenvalue weighted by Crippen LogP contribution is -2.24. The number of hydrogen-bond acceptors (Lipinski definition) is 4. The Kier molecular flexibility index (Phi) is 5.10. The minimum atomic E-state index is -3.61. The number of nitrogens with zero attached hydrogens (tertiary/aromatic N) is 1. The van der Waals surface area contributed by atoms with Crippen LogP contribution in [0.4, 0.5) is 0 Å². The average Bonchev–Trinajstić information content (AvgIpc) is 2.47. The molecule has 1 aromatic carbocycles. The predicted molar refractivity (Wildman–Crippen MR) is 85.0 cm³/mol. The van der Waals surface area contributed by atoms with Crippen LogP contribution in [0.3, 0.4) is 0 Å². The molecule has 0 bridgehead atoms. The van der Waals surface area contributed by atoms with Gasteiger partial charge in [-0.1, -0.05) is 12.1 Å². The van der Waals surface area contributed by atoms with Crippen molar-refractivity contribution in [2.45, 2.75) is 24.9 Å². The Balaban J connectivity index is 2.20. The molecule has 0 fully saturated rings. The predicted octanol–water partition coefficient (Wildman–Crippen LogP) is 2.09. The molecule has 3 N–H and O–H groups in total. The maximum Gasteiger partial charge on any atom is 0.242 e. The number of benzene rings is 1. The van der Waals surface area contributed by atoms with Gasteiger partial charge in [0.2, 0.25) is 10.0 Å². The van der Waals surface area contributed by atoms with Gasteiger partial charge < -0.3 is 5.73 Å². The molecule has 1 aromatic heterocycles. The van der Waals surface area contributed by atoms with E-state index < -0.39 is 10.0 Å². The van der Waals surface area contributed by atoms with E-state index in [9.17, 15) is 8.42 Å². The Morgan fingerprint density at radius 1 is 1.24 bits per heavy atom.